The first-order valence-corrected chi connectivity index (χ1v) is 7.12. The molecule has 2 N–H and O–H groups in total. The van der Waals surface area contributed by atoms with E-state index in [4.69, 9.17) is 11.6 Å². The van der Waals surface area contributed by atoms with E-state index < -0.39 is 0 Å². The van der Waals surface area contributed by atoms with Crippen LogP contribution in [0.4, 0.5) is 0 Å². The second kappa shape index (κ2) is 6.72. The Bertz CT molecular complexity index is 596. The van der Waals surface area contributed by atoms with Gasteiger partial charge in [-0.2, -0.15) is 0 Å². The van der Waals surface area contributed by atoms with Crippen molar-refractivity contribution in [2.45, 2.75) is 32.9 Å². The first kappa shape index (κ1) is 14.8. The normalized spacial score (nSPS) is 12.6. The van der Waals surface area contributed by atoms with Gasteiger partial charge in [0.05, 0.1) is 16.8 Å². The average molecular weight is 295 g/mol. The third-order valence-electron chi connectivity index (χ3n) is 3.00. The molecule has 0 saturated heterocycles. The van der Waals surface area contributed by atoms with Gasteiger partial charge < -0.3 is 15.0 Å². The molecule has 5 nitrogen and oxygen atoms in total. The van der Waals surface area contributed by atoms with Gasteiger partial charge in [0, 0.05) is 25.5 Å². The lowest BCUT2D eigenvalue weighted by molar-refractivity contribution is -0.122. The lowest BCUT2D eigenvalue weighted by Gasteiger charge is -2.12. The van der Waals surface area contributed by atoms with Gasteiger partial charge in [-0.25, -0.2) is 4.98 Å². The average Bonchev–Trinajstić information content (AvgIpc) is 2.83. The third-order valence-corrected chi connectivity index (χ3v) is 3.22. The molecule has 2 rings (SSSR count). The number of hydrogen-bond donors (Lipinski definition) is 2. The van der Waals surface area contributed by atoms with Crippen LogP contribution in [0.5, 0.6) is 0 Å². The highest BCUT2D eigenvalue weighted by Crippen LogP contribution is 2.11. The van der Waals surface area contributed by atoms with Crippen LogP contribution in [0, 0.1) is 0 Å². The quantitative estimate of drug-likeness (QED) is 0.857. The minimum atomic E-state index is -0.241. The number of pyridine rings is 1. The summed E-state index contributed by atoms with van der Waals surface area (Å²) in [5.41, 5.74) is 1.72. The molecule has 108 valence electrons. The smallest absolute Gasteiger partial charge is 0.236 e. The van der Waals surface area contributed by atoms with E-state index in [1.165, 1.54) is 0 Å². The van der Waals surface area contributed by atoms with Gasteiger partial charge >= 0.3 is 0 Å². The van der Waals surface area contributed by atoms with E-state index in [0.717, 1.165) is 17.8 Å². The second-order valence-electron chi connectivity index (χ2n) is 4.74. The van der Waals surface area contributed by atoms with E-state index in [2.05, 4.69) is 15.6 Å². The summed E-state index contributed by atoms with van der Waals surface area (Å²) >= 11 is 5.93. The molecule has 0 aliphatic heterocycles. The molecule has 0 spiro atoms. The van der Waals surface area contributed by atoms with Gasteiger partial charge in [0.25, 0.3) is 0 Å². The first-order valence-electron chi connectivity index (χ1n) is 6.74. The van der Waals surface area contributed by atoms with E-state index in [9.17, 15) is 4.79 Å². The van der Waals surface area contributed by atoms with Crippen molar-refractivity contribution in [3.8, 4) is 0 Å². The number of rotatable bonds is 6. The summed E-state index contributed by atoms with van der Waals surface area (Å²) in [5, 5.41) is 6.69. The Morgan fingerprint density at radius 3 is 3.00 bits per heavy atom. The summed E-state index contributed by atoms with van der Waals surface area (Å²) in [6.45, 7) is 5.12. The fraction of sp³-hybridized carbons (Fsp3) is 0.429. The molecule has 1 atom stereocenters. The zero-order valence-electron chi connectivity index (χ0n) is 11.7. The van der Waals surface area contributed by atoms with E-state index in [1.807, 2.05) is 42.8 Å². The Labute approximate surface area is 123 Å². The topological polar surface area (TPSA) is 58.4 Å². The number of amides is 1. The molecule has 0 radical (unpaired) electrons. The third kappa shape index (κ3) is 3.71. The fourth-order valence-corrected chi connectivity index (χ4v) is 2.02. The van der Waals surface area contributed by atoms with Gasteiger partial charge in [0.1, 0.15) is 5.65 Å². The van der Waals surface area contributed by atoms with Crippen molar-refractivity contribution in [1.29, 1.82) is 0 Å². The van der Waals surface area contributed by atoms with Crippen LogP contribution in [0.2, 0.25) is 5.02 Å². The van der Waals surface area contributed by atoms with E-state index in [1.54, 1.807) is 0 Å². The van der Waals surface area contributed by atoms with Crippen LogP contribution in [0.3, 0.4) is 0 Å². The molecule has 0 saturated carbocycles. The largest absolute Gasteiger partial charge is 0.355 e. The Morgan fingerprint density at radius 2 is 2.25 bits per heavy atom. The monoisotopic (exact) mass is 294 g/mol. The van der Waals surface area contributed by atoms with Gasteiger partial charge in [-0.3, -0.25) is 4.79 Å². The molecule has 2 aromatic heterocycles. The van der Waals surface area contributed by atoms with Crippen LogP contribution in [0.1, 0.15) is 26.0 Å². The molecule has 1 amide bonds. The Hall–Kier alpha value is -1.59. The standard InChI is InChI=1S/C14H19ClN4O/c1-3-6-16-14(20)10(2)17-7-12-9-19-8-11(15)4-5-13(19)18-12/h4-5,8-10,17H,3,6-7H2,1-2H3,(H,16,20). The molecule has 0 bridgehead atoms. The highest BCUT2D eigenvalue weighted by Gasteiger charge is 2.12. The minimum absolute atomic E-state index is 0.0126. The highest BCUT2D eigenvalue weighted by molar-refractivity contribution is 6.30. The maximum atomic E-state index is 11.7. The minimum Gasteiger partial charge on any atom is -0.355 e. The molecular formula is C14H19ClN4O. The molecule has 0 aliphatic carbocycles. The number of carbonyl (C=O) groups is 1. The number of hydrogen-bond acceptors (Lipinski definition) is 3. The molecule has 0 aromatic carbocycles. The van der Waals surface area contributed by atoms with E-state index >= 15 is 0 Å². The van der Waals surface area contributed by atoms with Crippen LogP contribution in [-0.2, 0) is 11.3 Å². The Morgan fingerprint density at radius 1 is 1.45 bits per heavy atom. The predicted molar refractivity (Wildman–Crippen MR) is 79.8 cm³/mol. The van der Waals surface area contributed by atoms with Crippen LogP contribution >= 0.6 is 11.6 Å². The Balaban J connectivity index is 1.93. The lowest BCUT2D eigenvalue weighted by atomic mass is 10.3. The summed E-state index contributed by atoms with van der Waals surface area (Å²) < 4.78 is 1.88. The zero-order valence-corrected chi connectivity index (χ0v) is 12.4. The van der Waals surface area contributed by atoms with Crippen LogP contribution < -0.4 is 10.6 Å². The van der Waals surface area contributed by atoms with Gasteiger partial charge in [0.15, 0.2) is 0 Å². The molecule has 1 unspecified atom stereocenters. The maximum absolute atomic E-state index is 11.7. The summed E-state index contributed by atoms with van der Waals surface area (Å²) in [4.78, 5) is 16.2. The van der Waals surface area contributed by atoms with Crippen molar-refractivity contribution in [2.75, 3.05) is 6.54 Å². The molecule has 2 aromatic rings. The lowest BCUT2D eigenvalue weighted by Crippen LogP contribution is -2.42. The van der Waals surface area contributed by atoms with Crippen LogP contribution in [0.25, 0.3) is 5.65 Å². The number of fused-ring (bicyclic) bond motifs is 1. The van der Waals surface area contributed by atoms with Crippen molar-refractivity contribution in [1.82, 2.24) is 20.0 Å². The number of carbonyl (C=O) groups excluding carboxylic acids is 1. The summed E-state index contributed by atoms with van der Waals surface area (Å²) in [5.74, 6) is 0.0126. The fourth-order valence-electron chi connectivity index (χ4n) is 1.85. The van der Waals surface area contributed by atoms with E-state index in [0.29, 0.717) is 18.1 Å². The summed E-state index contributed by atoms with van der Waals surface area (Å²) in [6.07, 6.45) is 4.65. The highest BCUT2D eigenvalue weighted by atomic mass is 35.5. The Kier molecular flexibility index (Phi) is 4.98. The van der Waals surface area contributed by atoms with Crippen LogP contribution in [-0.4, -0.2) is 27.9 Å². The second-order valence-corrected chi connectivity index (χ2v) is 5.18. The maximum Gasteiger partial charge on any atom is 0.236 e. The number of aromatic nitrogens is 2. The molecule has 6 heteroatoms. The van der Waals surface area contributed by atoms with Crippen molar-refractivity contribution in [2.24, 2.45) is 0 Å². The van der Waals surface area contributed by atoms with Crippen molar-refractivity contribution < 1.29 is 4.79 Å². The van der Waals surface area contributed by atoms with Gasteiger partial charge in [-0.05, 0) is 25.5 Å². The molecule has 2 heterocycles. The van der Waals surface area contributed by atoms with Gasteiger partial charge in [-0.15, -0.1) is 0 Å². The van der Waals surface area contributed by atoms with E-state index in [-0.39, 0.29) is 11.9 Å². The first-order chi connectivity index (χ1) is 9.60. The molecule has 20 heavy (non-hydrogen) atoms. The number of nitrogens with one attached hydrogen (secondary N) is 2. The zero-order chi connectivity index (χ0) is 14.5. The number of imidazole rings is 1. The summed E-state index contributed by atoms with van der Waals surface area (Å²) in [6, 6.07) is 3.43. The van der Waals surface area contributed by atoms with Gasteiger partial charge in [0.2, 0.25) is 5.91 Å². The molecule has 0 aliphatic rings. The predicted octanol–water partition coefficient (Wildman–Crippen LogP) is 1.99. The summed E-state index contributed by atoms with van der Waals surface area (Å²) in [7, 11) is 0. The van der Waals surface area contributed by atoms with Crippen molar-refractivity contribution in [3.63, 3.8) is 0 Å². The number of nitrogens with zero attached hydrogens (tertiary/aromatic N) is 2. The SMILES string of the molecule is CCCNC(=O)C(C)NCc1cn2cc(Cl)ccc2n1. The molecular weight excluding hydrogens is 276 g/mol. The van der Waals surface area contributed by atoms with Crippen LogP contribution in [0.15, 0.2) is 24.5 Å². The van der Waals surface area contributed by atoms with Crippen molar-refractivity contribution >= 4 is 23.2 Å². The number of halogens is 1. The molecule has 0 fully saturated rings. The van der Waals surface area contributed by atoms with Crippen molar-refractivity contribution in [3.05, 3.63) is 35.2 Å². The van der Waals surface area contributed by atoms with Gasteiger partial charge in [-0.1, -0.05) is 18.5 Å².